The zero-order chi connectivity index (χ0) is 14.3. The molecule has 0 amide bonds. The maximum Gasteiger partial charge on any atom is 0.0159 e. The second-order valence-corrected chi connectivity index (χ2v) is 6.52. The Morgan fingerprint density at radius 1 is 1.05 bits per heavy atom. The molecular formula is C18H31N. The Balaban J connectivity index is 2.73. The van der Waals surface area contributed by atoms with Crippen molar-refractivity contribution in [3.63, 3.8) is 0 Å². The first-order valence-electron chi connectivity index (χ1n) is 7.77. The Morgan fingerprint density at radius 2 is 1.68 bits per heavy atom. The SMILES string of the molecule is CCNC(CCCC(C)C)C(C)(C)c1ccccc1. The summed E-state index contributed by atoms with van der Waals surface area (Å²) >= 11 is 0. The molecule has 0 saturated carbocycles. The van der Waals surface area contributed by atoms with E-state index in [2.05, 4.69) is 70.3 Å². The lowest BCUT2D eigenvalue weighted by Crippen LogP contribution is -2.44. The van der Waals surface area contributed by atoms with Gasteiger partial charge in [-0.2, -0.15) is 0 Å². The number of hydrogen-bond acceptors (Lipinski definition) is 1. The van der Waals surface area contributed by atoms with Crippen molar-refractivity contribution in [3.8, 4) is 0 Å². The van der Waals surface area contributed by atoms with Crippen LogP contribution in [0.4, 0.5) is 0 Å². The summed E-state index contributed by atoms with van der Waals surface area (Å²) in [5.41, 5.74) is 1.62. The van der Waals surface area contributed by atoms with Gasteiger partial charge in [0, 0.05) is 11.5 Å². The molecule has 108 valence electrons. The van der Waals surface area contributed by atoms with Crippen LogP contribution < -0.4 is 5.32 Å². The van der Waals surface area contributed by atoms with E-state index in [0.717, 1.165) is 12.5 Å². The molecule has 1 aromatic rings. The normalized spacial score (nSPS) is 13.8. The first kappa shape index (κ1) is 16.2. The zero-order valence-electron chi connectivity index (χ0n) is 13.4. The minimum Gasteiger partial charge on any atom is -0.313 e. The van der Waals surface area contributed by atoms with E-state index in [1.807, 2.05) is 0 Å². The predicted molar refractivity (Wildman–Crippen MR) is 85.6 cm³/mol. The Kier molecular flexibility index (Phi) is 6.57. The highest BCUT2D eigenvalue weighted by Crippen LogP contribution is 2.30. The summed E-state index contributed by atoms with van der Waals surface area (Å²) < 4.78 is 0. The molecule has 0 bridgehead atoms. The third kappa shape index (κ3) is 4.99. The Labute approximate surface area is 119 Å². The molecule has 0 aliphatic rings. The summed E-state index contributed by atoms with van der Waals surface area (Å²) in [5.74, 6) is 0.808. The van der Waals surface area contributed by atoms with Crippen LogP contribution in [0.5, 0.6) is 0 Å². The highest BCUT2D eigenvalue weighted by atomic mass is 14.9. The van der Waals surface area contributed by atoms with Crippen molar-refractivity contribution in [2.24, 2.45) is 5.92 Å². The average molecular weight is 261 g/mol. The van der Waals surface area contributed by atoms with E-state index in [1.165, 1.54) is 24.8 Å². The van der Waals surface area contributed by atoms with Gasteiger partial charge < -0.3 is 5.32 Å². The van der Waals surface area contributed by atoms with Gasteiger partial charge in [-0.25, -0.2) is 0 Å². The van der Waals surface area contributed by atoms with Gasteiger partial charge in [0.05, 0.1) is 0 Å². The minimum absolute atomic E-state index is 0.189. The lowest BCUT2D eigenvalue weighted by Gasteiger charge is -2.36. The van der Waals surface area contributed by atoms with Gasteiger partial charge in [-0.15, -0.1) is 0 Å². The Morgan fingerprint density at radius 3 is 2.21 bits per heavy atom. The van der Waals surface area contributed by atoms with Gasteiger partial charge in [-0.1, -0.05) is 77.8 Å². The summed E-state index contributed by atoms with van der Waals surface area (Å²) in [4.78, 5) is 0. The maximum absolute atomic E-state index is 3.70. The number of likely N-dealkylation sites (N-methyl/N-ethyl adjacent to an activating group) is 1. The molecule has 0 aliphatic carbocycles. The largest absolute Gasteiger partial charge is 0.313 e. The molecule has 0 saturated heterocycles. The van der Waals surface area contributed by atoms with Crippen molar-refractivity contribution in [1.82, 2.24) is 5.32 Å². The molecule has 0 aromatic heterocycles. The maximum atomic E-state index is 3.70. The van der Waals surface area contributed by atoms with Crippen LogP contribution in [0.25, 0.3) is 0 Å². The smallest absolute Gasteiger partial charge is 0.0159 e. The molecule has 1 heteroatoms. The first-order chi connectivity index (χ1) is 8.98. The molecule has 0 aliphatic heterocycles. The van der Waals surface area contributed by atoms with E-state index >= 15 is 0 Å². The van der Waals surface area contributed by atoms with Gasteiger partial charge in [-0.3, -0.25) is 0 Å². The minimum atomic E-state index is 0.189. The molecule has 1 rings (SSSR count). The summed E-state index contributed by atoms with van der Waals surface area (Å²) in [7, 11) is 0. The second-order valence-electron chi connectivity index (χ2n) is 6.52. The molecule has 0 radical (unpaired) electrons. The molecule has 0 heterocycles. The number of benzene rings is 1. The Bertz CT molecular complexity index is 340. The van der Waals surface area contributed by atoms with Crippen LogP contribution in [0, 0.1) is 5.92 Å². The summed E-state index contributed by atoms with van der Waals surface area (Å²) in [5, 5.41) is 3.70. The molecule has 1 nitrogen and oxygen atoms in total. The molecule has 0 spiro atoms. The molecule has 1 aromatic carbocycles. The standard InChI is InChI=1S/C18H31N/c1-6-19-17(14-10-11-15(2)3)18(4,5)16-12-8-7-9-13-16/h7-9,12-13,15,17,19H,6,10-11,14H2,1-5H3. The lowest BCUT2D eigenvalue weighted by molar-refractivity contribution is 0.313. The van der Waals surface area contributed by atoms with E-state index < -0.39 is 0 Å². The van der Waals surface area contributed by atoms with Gasteiger partial charge in [0.2, 0.25) is 0 Å². The van der Waals surface area contributed by atoms with E-state index in [1.54, 1.807) is 0 Å². The monoisotopic (exact) mass is 261 g/mol. The van der Waals surface area contributed by atoms with Gasteiger partial charge in [0.25, 0.3) is 0 Å². The van der Waals surface area contributed by atoms with E-state index in [9.17, 15) is 0 Å². The third-order valence-corrected chi connectivity index (χ3v) is 4.11. The van der Waals surface area contributed by atoms with Crippen molar-refractivity contribution < 1.29 is 0 Å². The molecule has 1 atom stereocenters. The van der Waals surface area contributed by atoms with Crippen LogP contribution in [0.3, 0.4) is 0 Å². The molecule has 0 fully saturated rings. The predicted octanol–water partition coefficient (Wildman–Crippen LogP) is 4.77. The fourth-order valence-electron chi connectivity index (χ4n) is 2.76. The molecular weight excluding hydrogens is 230 g/mol. The number of rotatable bonds is 8. The number of hydrogen-bond donors (Lipinski definition) is 1. The Hall–Kier alpha value is -0.820. The molecule has 1 N–H and O–H groups in total. The fourth-order valence-corrected chi connectivity index (χ4v) is 2.76. The van der Waals surface area contributed by atoms with Crippen molar-refractivity contribution in [2.45, 2.75) is 65.3 Å². The quantitative estimate of drug-likeness (QED) is 0.711. The van der Waals surface area contributed by atoms with Gasteiger partial charge >= 0.3 is 0 Å². The van der Waals surface area contributed by atoms with Crippen molar-refractivity contribution >= 4 is 0 Å². The van der Waals surface area contributed by atoms with Crippen LogP contribution in [-0.2, 0) is 5.41 Å². The fraction of sp³-hybridized carbons (Fsp3) is 0.667. The molecule has 1 unspecified atom stereocenters. The van der Waals surface area contributed by atoms with Crippen LogP contribution in [0.15, 0.2) is 30.3 Å². The molecule has 19 heavy (non-hydrogen) atoms. The summed E-state index contributed by atoms with van der Waals surface area (Å²) in [6.45, 7) is 12.6. The first-order valence-corrected chi connectivity index (χ1v) is 7.77. The van der Waals surface area contributed by atoms with Crippen molar-refractivity contribution in [3.05, 3.63) is 35.9 Å². The average Bonchev–Trinajstić information content (AvgIpc) is 2.38. The van der Waals surface area contributed by atoms with Gasteiger partial charge in [0.15, 0.2) is 0 Å². The highest BCUT2D eigenvalue weighted by Gasteiger charge is 2.30. The second kappa shape index (κ2) is 7.69. The topological polar surface area (TPSA) is 12.0 Å². The number of nitrogens with one attached hydrogen (secondary N) is 1. The lowest BCUT2D eigenvalue weighted by atomic mass is 9.75. The van der Waals surface area contributed by atoms with Crippen LogP contribution in [-0.4, -0.2) is 12.6 Å². The van der Waals surface area contributed by atoms with E-state index in [0.29, 0.717) is 6.04 Å². The third-order valence-electron chi connectivity index (χ3n) is 4.11. The zero-order valence-corrected chi connectivity index (χ0v) is 13.4. The van der Waals surface area contributed by atoms with Crippen LogP contribution >= 0.6 is 0 Å². The van der Waals surface area contributed by atoms with Crippen molar-refractivity contribution in [1.29, 1.82) is 0 Å². The van der Waals surface area contributed by atoms with Crippen LogP contribution in [0.1, 0.15) is 59.4 Å². The summed E-state index contributed by atoms with van der Waals surface area (Å²) in [6.07, 6.45) is 3.90. The van der Waals surface area contributed by atoms with Crippen molar-refractivity contribution in [2.75, 3.05) is 6.54 Å². The van der Waals surface area contributed by atoms with E-state index in [4.69, 9.17) is 0 Å². The highest BCUT2D eigenvalue weighted by molar-refractivity contribution is 5.25. The van der Waals surface area contributed by atoms with Gasteiger partial charge in [-0.05, 0) is 24.4 Å². The van der Waals surface area contributed by atoms with Gasteiger partial charge in [0.1, 0.15) is 0 Å². The van der Waals surface area contributed by atoms with Crippen LogP contribution in [0.2, 0.25) is 0 Å². The summed E-state index contributed by atoms with van der Waals surface area (Å²) in [6, 6.07) is 11.5. The van der Waals surface area contributed by atoms with E-state index in [-0.39, 0.29) is 5.41 Å².